The largest absolute Gasteiger partial charge is 0.489 e. The number of hydrogen-bond donors (Lipinski definition) is 3. The average molecular weight is 446 g/mol. The summed E-state index contributed by atoms with van der Waals surface area (Å²) in [5.41, 5.74) is 4.17. The molecule has 0 bridgehead atoms. The van der Waals surface area contributed by atoms with Gasteiger partial charge in [-0.2, -0.15) is 0 Å². The van der Waals surface area contributed by atoms with Gasteiger partial charge in [-0.1, -0.05) is 61.5 Å². The number of nitrogens with zero attached hydrogens (tertiary/aromatic N) is 1. The van der Waals surface area contributed by atoms with Crippen molar-refractivity contribution in [3.05, 3.63) is 83.4 Å². The van der Waals surface area contributed by atoms with Crippen molar-refractivity contribution in [1.29, 1.82) is 0 Å². The van der Waals surface area contributed by atoms with E-state index in [4.69, 9.17) is 9.94 Å². The number of rotatable bonds is 9. The number of likely N-dealkylation sites (tertiary alicyclic amines) is 1. The summed E-state index contributed by atoms with van der Waals surface area (Å²) < 4.78 is 6.27. The Hall–Kier alpha value is -3.19. The van der Waals surface area contributed by atoms with Crippen molar-refractivity contribution in [2.45, 2.75) is 19.4 Å². The SMILES string of the molecule is CCN1CCC(NC/C(=C/c2ccc(C(=O)NO)cc2)COc2cccc3ccccc23)C1. The number of ether oxygens (including phenoxy) is 1. The number of hydroxylamine groups is 1. The van der Waals surface area contributed by atoms with Gasteiger partial charge in [0.1, 0.15) is 12.4 Å². The standard InChI is InChI=1S/C27H31N3O3/c1-2-30-15-14-24(18-30)28-17-21(16-20-10-12-23(13-11-20)27(31)29-32)19-33-26-9-5-7-22-6-3-4-8-25(22)26/h3-13,16,24,28,32H,2,14-15,17-19H2,1H3,(H,29,31)/b21-16-. The summed E-state index contributed by atoms with van der Waals surface area (Å²) in [6.07, 6.45) is 3.25. The number of amides is 1. The van der Waals surface area contributed by atoms with Crippen LogP contribution in [0.4, 0.5) is 0 Å². The number of likely N-dealkylation sites (N-methyl/N-ethyl adjacent to an activating group) is 1. The second-order valence-corrected chi connectivity index (χ2v) is 8.39. The van der Waals surface area contributed by atoms with Crippen LogP contribution in [0.25, 0.3) is 16.8 Å². The second kappa shape index (κ2) is 11.1. The van der Waals surface area contributed by atoms with Crippen LogP contribution >= 0.6 is 0 Å². The summed E-state index contributed by atoms with van der Waals surface area (Å²) in [6, 6.07) is 21.9. The number of hydrogen-bond acceptors (Lipinski definition) is 5. The van der Waals surface area contributed by atoms with Crippen LogP contribution in [0.1, 0.15) is 29.3 Å². The monoisotopic (exact) mass is 445 g/mol. The molecule has 1 unspecified atom stereocenters. The highest BCUT2D eigenvalue weighted by Crippen LogP contribution is 2.25. The number of carbonyl (C=O) groups excluding carboxylic acids is 1. The van der Waals surface area contributed by atoms with Crippen LogP contribution in [0.3, 0.4) is 0 Å². The molecule has 1 amide bonds. The molecule has 1 aliphatic rings. The molecule has 4 rings (SSSR count). The quantitative estimate of drug-likeness (QED) is 0.342. The highest BCUT2D eigenvalue weighted by atomic mass is 16.5. The normalized spacial score (nSPS) is 16.8. The Kier molecular flexibility index (Phi) is 7.73. The summed E-state index contributed by atoms with van der Waals surface area (Å²) in [5, 5.41) is 14.8. The molecular weight excluding hydrogens is 414 g/mol. The lowest BCUT2D eigenvalue weighted by molar-refractivity contribution is 0.0706. The fourth-order valence-corrected chi connectivity index (χ4v) is 4.23. The minimum Gasteiger partial charge on any atom is -0.489 e. The van der Waals surface area contributed by atoms with Gasteiger partial charge in [0.05, 0.1) is 0 Å². The van der Waals surface area contributed by atoms with Crippen LogP contribution in [-0.4, -0.2) is 54.8 Å². The van der Waals surface area contributed by atoms with Gasteiger partial charge in [-0.25, -0.2) is 5.48 Å². The summed E-state index contributed by atoms with van der Waals surface area (Å²) >= 11 is 0. The van der Waals surface area contributed by atoms with Gasteiger partial charge < -0.3 is 15.0 Å². The number of benzene rings is 3. The topological polar surface area (TPSA) is 73.8 Å². The van der Waals surface area contributed by atoms with Crippen molar-refractivity contribution >= 4 is 22.8 Å². The smallest absolute Gasteiger partial charge is 0.274 e. The van der Waals surface area contributed by atoms with Crippen LogP contribution < -0.4 is 15.5 Å². The van der Waals surface area contributed by atoms with E-state index in [9.17, 15) is 4.79 Å². The zero-order valence-electron chi connectivity index (χ0n) is 19.0. The predicted octanol–water partition coefficient (Wildman–Crippen LogP) is 4.11. The van der Waals surface area contributed by atoms with E-state index in [0.717, 1.165) is 60.3 Å². The van der Waals surface area contributed by atoms with Crippen LogP contribution in [-0.2, 0) is 0 Å². The van der Waals surface area contributed by atoms with Gasteiger partial charge in [0.15, 0.2) is 0 Å². The lowest BCUT2D eigenvalue weighted by atomic mass is 10.1. The molecule has 6 heteroatoms. The highest BCUT2D eigenvalue weighted by Gasteiger charge is 2.20. The Balaban J connectivity index is 1.50. The van der Waals surface area contributed by atoms with Crippen molar-refractivity contribution in [3.8, 4) is 5.75 Å². The Bertz CT molecular complexity index is 1110. The van der Waals surface area contributed by atoms with E-state index in [1.165, 1.54) is 0 Å². The van der Waals surface area contributed by atoms with Gasteiger partial charge in [0, 0.05) is 30.1 Å². The van der Waals surface area contributed by atoms with E-state index >= 15 is 0 Å². The molecule has 172 valence electrons. The van der Waals surface area contributed by atoms with Crippen molar-refractivity contribution in [2.75, 3.05) is 32.8 Å². The zero-order valence-corrected chi connectivity index (χ0v) is 19.0. The Labute approximate surface area is 194 Å². The summed E-state index contributed by atoms with van der Waals surface area (Å²) in [7, 11) is 0. The molecule has 0 spiro atoms. The van der Waals surface area contributed by atoms with E-state index < -0.39 is 5.91 Å². The van der Waals surface area contributed by atoms with E-state index in [1.807, 2.05) is 36.4 Å². The Morgan fingerprint density at radius 3 is 2.67 bits per heavy atom. The van der Waals surface area contributed by atoms with Crippen molar-refractivity contribution < 1.29 is 14.7 Å². The molecule has 1 heterocycles. The molecule has 0 saturated carbocycles. The van der Waals surface area contributed by atoms with Gasteiger partial charge in [-0.05, 0) is 54.2 Å². The van der Waals surface area contributed by atoms with Gasteiger partial charge in [-0.3, -0.25) is 10.0 Å². The molecule has 3 aromatic rings. The third kappa shape index (κ3) is 5.99. The van der Waals surface area contributed by atoms with Crippen molar-refractivity contribution in [1.82, 2.24) is 15.7 Å². The molecule has 0 aliphatic carbocycles. The molecule has 1 atom stereocenters. The van der Waals surface area contributed by atoms with Crippen molar-refractivity contribution in [3.63, 3.8) is 0 Å². The predicted molar refractivity (Wildman–Crippen MR) is 132 cm³/mol. The maximum atomic E-state index is 11.6. The molecule has 1 aliphatic heterocycles. The maximum Gasteiger partial charge on any atom is 0.274 e. The third-order valence-electron chi connectivity index (χ3n) is 6.15. The summed E-state index contributed by atoms with van der Waals surface area (Å²) in [4.78, 5) is 14.1. The highest BCUT2D eigenvalue weighted by molar-refractivity contribution is 5.93. The van der Waals surface area contributed by atoms with Gasteiger partial charge in [0.2, 0.25) is 0 Å². The summed E-state index contributed by atoms with van der Waals surface area (Å²) in [5.74, 6) is 0.348. The fourth-order valence-electron chi connectivity index (χ4n) is 4.23. The third-order valence-corrected chi connectivity index (χ3v) is 6.15. The number of fused-ring (bicyclic) bond motifs is 1. The number of carbonyl (C=O) groups is 1. The van der Waals surface area contributed by atoms with Gasteiger partial charge in [0.25, 0.3) is 5.91 Å². The summed E-state index contributed by atoms with van der Waals surface area (Å²) in [6.45, 7) is 6.67. The van der Waals surface area contributed by atoms with E-state index in [2.05, 4.69) is 41.4 Å². The lowest BCUT2D eigenvalue weighted by Gasteiger charge is -2.17. The van der Waals surface area contributed by atoms with Gasteiger partial charge >= 0.3 is 0 Å². The minimum absolute atomic E-state index is 0.409. The fraction of sp³-hybridized carbons (Fsp3) is 0.296. The lowest BCUT2D eigenvalue weighted by Crippen LogP contribution is -2.34. The molecule has 1 saturated heterocycles. The first-order valence-electron chi connectivity index (χ1n) is 11.5. The van der Waals surface area contributed by atoms with Crippen LogP contribution in [0.15, 0.2) is 72.3 Å². The Morgan fingerprint density at radius 1 is 1.12 bits per heavy atom. The molecule has 0 radical (unpaired) electrons. The van der Waals surface area contributed by atoms with Crippen LogP contribution in [0.2, 0.25) is 0 Å². The molecule has 3 aromatic carbocycles. The zero-order chi connectivity index (χ0) is 23.0. The molecule has 33 heavy (non-hydrogen) atoms. The molecule has 0 aromatic heterocycles. The Morgan fingerprint density at radius 2 is 1.91 bits per heavy atom. The van der Waals surface area contributed by atoms with E-state index in [0.29, 0.717) is 18.2 Å². The molecule has 3 N–H and O–H groups in total. The maximum absolute atomic E-state index is 11.6. The first kappa shape index (κ1) is 23.0. The molecular formula is C27H31N3O3. The molecule has 1 fully saturated rings. The van der Waals surface area contributed by atoms with Crippen LogP contribution in [0, 0.1) is 0 Å². The molecule has 6 nitrogen and oxygen atoms in total. The van der Waals surface area contributed by atoms with E-state index in [-0.39, 0.29) is 0 Å². The second-order valence-electron chi connectivity index (χ2n) is 8.39. The first-order valence-corrected chi connectivity index (χ1v) is 11.5. The van der Waals surface area contributed by atoms with Crippen molar-refractivity contribution in [2.24, 2.45) is 0 Å². The number of nitrogens with one attached hydrogen (secondary N) is 2. The van der Waals surface area contributed by atoms with Gasteiger partial charge in [-0.15, -0.1) is 0 Å². The first-order chi connectivity index (χ1) is 16.2. The minimum atomic E-state index is -0.520. The van der Waals surface area contributed by atoms with Crippen LogP contribution in [0.5, 0.6) is 5.75 Å². The van der Waals surface area contributed by atoms with E-state index in [1.54, 1.807) is 17.6 Å². The average Bonchev–Trinajstić information content (AvgIpc) is 3.33.